The van der Waals surface area contributed by atoms with Crippen molar-refractivity contribution in [3.8, 4) is 95.5 Å². The highest BCUT2D eigenvalue weighted by Crippen LogP contribution is 2.47. The van der Waals surface area contributed by atoms with Crippen LogP contribution < -0.4 is 0 Å². The molecule has 17 aromatic rings. The number of nitrogens with zero attached hydrogens (tertiary/aromatic N) is 5. The van der Waals surface area contributed by atoms with Crippen molar-refractivity contribution in [1.29, 1.82) is 0 Å². The maximum absolute atomic E-state index is 5.54. The molecule has 0 aliphatic heterocycles. The van der Waals surface area contributed by atoms with Gasteiger partial charge in [0, 0.05) is 71.5 Å². The molecule has 0 atom stereocenters. The molecule has 0 N–H and O–H groups in total. The summed E-state index contributed by atoms with van der Waals surface area (Å²) in [6.07, 6.45) is 0. The van der Waals surface area contributed by atoms with Crippen LogP contribution in [0.4, 0.5) is 0 Å². The molecule has 89 heavy (non-hydrogen) atoms. The van der Waals surface area contributed by atoms with Gasteiger partial charge >= 0.3 is 0 Å². The molecule has 418 valence electrons. The Morgan fingerprint density at radius 1 is 0.225 bits per heavy atom. The van der Waals surface area contributed by atoms with E-state index in [1.54, 1.807) is 0 Å². The molecule has 0 bridgehead atoms. The summed E-state index contributed by atoms with van der Waals surface area (Å²) in [5.41, 5.74) is 26.2. The van der Waals surface area contributed by atoms with Crippen LogP contribution in [0.1, 0.15) is 11.1 Å². The Morgan fingerprint density at radius 3 is 0.955 bits per heavy atom. The number of benzene rings is 13. The number of rotatable bonds is 10. The Hall–Kier alpha value is -11.7. The van der Waals surface area contributed by atoms with Gasteiger partial charge in [0.2, 0.25) is 0 Å². The Labute approximate surface area is 516 Å². The Balaban J connectivity index is 0.980. The minimum Gasteiger partial charge on any atom is -0.309 e. The number of aryl methyl sites for hydroxylation is 2. The lowest BCUT2D eigenvalue weighted by atomic mass is 9.92. The predicted molar refractivity (Wildman–Crippen MR) is 373 cm³/mol. The molecule has 17 rings (SSSR count). The van der Waals surface area contributed by atoms with Crippen molar-refractivity contribution in [3.05, 3.63) is 321 Å². The smallest absolute Gasteiger partial charge is 0.160 e. The highest BCUT2D eigenvalue weighted by Gasteiger charge is 2.25. The Morgan fingerprint density at radius 2 is 0.562 bits per heavy atom. The molecule has 0 fully saturated rings. The normalized spacial score (nSPS) is 11.7. The third-order valence-corrected chi connectivity index (χ3v) is 18.2. The van der Waals surface area contributed by atoms with Gasteiger partial charge in [0.25, 0.3) is 0 Å². The van der Waals surface area contributed by atoms with E-state index >= 15 is 0 Å². The van der Waals surface area contributed by atoms with E-state index in [-0.39, 0.29) is 0 Å². The zero-order chi connectivity index (χ0) is 59.1. The van der Waals surface area contributed by atoms with Gasteiger partial charge in [-0.15, -0.1) is 0 Å². The summed E-state index contributed by atoms with van der Waals surface area (Å²) in [4.78, 5) is 11.1. The number of hydrogen-bond donors (Lipinski definition) is 0. The second-order valence-corrected chi connectivity index (χ2v) is 23.4. The van der Waals surface area contributed by atoms with Crippen LogP contribution in [0.25, 0.3) is 161 Å². The highest BCUT2D eigenvalue weighted by atomic mass is 15.0. The van der Waals surface area contributed by atoms with Crippen molar-refractivity contribution in [2.45, 2.75) is 13.8 Å². The molecule has 5 nitrogen and oxygen atoms in total. The first-order valence-corrected chi connectivity index (χ1v) is 30.5. The zero-order valence-corrected chi connectivity index (χ0v) is 49.2. The van der Waals surface area contributed by atoms with Gasteiger partial charge in [0.05, 0.1) is 50.2 Å². The Bertz CT molecular complexity index is 5170. The average Bonchev–Trinajstić information content (AvgIpc) is 1.84. The maximum atomic E-state index is 5.54. The largest absolute Gasteiger partial charge is 0.309 e. The Kier molecular flexibility index (Phi) is 12.3. The van der Waals surface area contributed by atoms with Crippen molar-refractivity contribution in [1.82, 2.24) is 23.7 Å². The van der Waals surface area contributed by atoms with Crippen LogP contribution in [0.2, 0.25) is 0 Å². The van der Waals surface area contributed by atoms with Crippen LogP contribution >= 0.6 is 0 Å². The molecule has 4 aromatic heterocycles. The summed E-state index contributed by atoms with van der Waals surface area (Å²) < 4.78 is 7.34. The van der Waals surface area contributed by atoms with Crippen molar-refractivity contribution in [2.24, 2.45) is 0 Å². The quantitative estimate of drug-likeness (QED) is 0.137. The highest BCUT2D eigenvalue weighted by molar-refractivity contribution is 6.14. The maximum Gasteiger partial charge on any atom is 0.160 e. The minimum absolute atomic E-state index is 0.635. The molecule has 0 saturated carbocycles. The van der Waals surface area contributed by atoms with Crippen LogP contribution in [-0.2, 0) is 0 Å². The number of para-hydroxylation sites is 4. The fourth-order valence-electron chi connectivity index (χ4n) is 13.9. The van der Waals surface area contributed by atoms with Crippen LogP contribution in [0.5, 0.6) is 0 Å². The van der Waals surface area contributed by atoms with E-state index in [1.165, 1.54) is 87.8 Å². The molecule has 0 aliphatic rings. The predicted octanol–water partition coefficient (Wildman–Crippen LogP) is 22.1. The van der Waals surface area contributed by atoms with Gasteiger partial charge in [-0.05, 0) is 149 Å². The number of hydrogen-bond acceptors (Lipinski definition) is 2. The molecule has 0 amide bonds. The van der Waals surface area contributed by atoms with Crippen molar-refractivity contribution >= 4 is 65.4 Å². The van der Waals surface area contributed by atoms with Crippen molar-refractivity contribution in [2.75, 3.05) is 0 Å². The van der Waals surface area contributed by atoms with E-state index in [9.17, 15) is 0 Å². The molecular weight excluding hydrogens is 1080 g/mol. The molecule has 0 saturated heterocycles. The summed E-state index contributed by atoms with van der Waals surface area (Å²) in [7, 11) is 0. The van der Waals surface area contributed by atoms with Gasteiger partial charge in [0.15, 0.2) is 5.82 Å². The van der Waals surface area contributed by atoms with Crippen LogP contribution in [-0.4, -0.2) is 23.7 Å². The number of fused-ring (bicyclic) bond motifs is 9. The zero-order valence-electron chi connectivity index (χ0n) is 49.2. The monoisotopic (exact) mass is 1140 g/mol. The van der Waals surface area contributed by atoms with E-state index in [4.69, 9.17) is 9.97 Å². The first kappa shape index (κ1) is 51.7. The lowest BCUT2D eigenvalue weighted by Gasteiger charge is -2.22. The SMILES string of the molecule is Cc1ccccc1-c1ccc2c(c1)c1cc(-c3ccccc3C)ccc1n2-c1c(-c2ccc(-n3c4ccccc4c4ccccc43)cc2)cc(-c2nc(-c3ccccc3)cc(-c3ccccc3)n2)cc1-c1ccc(-n2c3ccccc3c3ccccc32)cc1. The van der Waals surface area contributed by atoms with Crippen molar-refractivity contribution < 1.29 is 0 Å². The van der Waals surface area contributed by atoms with E-state index in [0.717, 1.165) is 78.4 Å². The van der Waals surface area contributed by atoms with Crippen LogP contribution in [0.15, 0.2) is 309 Å². The molecule has 0 unspecified atom stereocenters. The van der Waals surface area contributed by atoms with Crippen molar-refractivity contribution in [3.63, 3.8) is 0 Å². The average molecular weight is 1140 g/mol. The van der Waals surface area contributed by atoms with Gasteiger partial charge in [-0.25, -0.2) is 9.97 Å². The molecule has 0 radical (unpaired) electrons. The fourth-order valence-corrected chi connectivity index (χ4v) is 13.9. The fraction of sp³-hybridized carbons (Fsp3) is 0.0238. The summed E-state index contributed by atoms with van der Waals surface area (Å²) in [5.74, 6) is 0.635. The third kappa shape index (κ3) is 8.69. The second-order valence-electron chi connectivity index (χ2n) is 23.4. The lowest BCUT2D eigenvalue weighted by molar-refractivity contribution is 1.16. The molecule has 0 spiro atoms. The molecule has 5 heteroatoms. The van der Waals surface area contributed by atoms with E-state index in [2.05, 4.69) is 337 Å². The van der Waals surface area contributed by atoms with E-state index in [0.29, 0.717) is 5.82 Å². The van der Waals surface area contributed by atoms with Crippen LogP contribution in [0.3, 0.4) is 0 Å². The lowest BCUT2D eigenvalue weighted by Crippen LogP contribution is -2.04. The summed E-state index contributed by atoms with van der Waals surface area (Å²) in [6.45, 7) is 4.42. The van der Waals surface area contributed by atoms with E-state index < -0.39 is 0 Å². The molecule has 0 aliphatic carbocycles. The first-order chi connectivity index (χ1) is 44.0. The number of aromatic nitrogens is 5. The van der Waals surface area contributed by atoms with Gasteiger partial charge < -0.3 is 13.7 Å². The summed E-state index contributed by atoms with van der Waals surface area (Å²) in [6, 6.07) is 113. The molecule has 4 heterocycles. The van der Waals surface area contributed by atoms with Gasteiger partial charge in [-0.3, -0.25) is 0 Å². The minimum atomic E-state index is 0.635. The summed E-state index contributed by atoms with van der Waals surface area (Å²) in [5, 5.41) is 7.26. The standard InChI is InChI=1S/C84H57N5/c1-54-21-9-11-27-65(54)60-41-47-81-73(49-60)74-50-61(66-28-12-10-22-55(66)2)42-48-82(74)89(81)83-71(56-37-43-63(44-38-56)87-77-33-17-13-29-67(77)68-30-14-18-34-78(68)87)51-62(84-85-75(58-23-5-3-6-24-58)53-76(86-84)59-25-7-4-8-26-59)52-72(83)57-39-45-64(46-40-57)88-79-35-19-15-31-69(79)70-32-16-20-36-80(70)88/h3-53H,1-2H3. The molecular formula is C84H57N5. The van der Waals surface area contributed by atoms with E-state index in [1.807, 2.05) is 0 Å². The third-order valence-electron chi connectivity index (χ3n) is 18.2. The second kappa shape index (κ2) is 21.1. The molecule has 13 aromatic carbocycles. The van der Waals surface area contributed by atoms with Crippen LogP contribution in [0, 0.1) is 13.8 Å². The summed E-state index contributed by atoms with van der Waals surface area (Å²) >= 11 is 0. The van der Waals surface area contributed by atoms with Gasteiger partial charge in [-0.2, -0.15) is 0 Å². The first-order valence-electron chi connectivity index (χ1n) is 30.5. The topological polar surface area (TPSA) is 40.6 Å². The van der Waals surface area contributed by atoms with Gasteiger partial charge in [0.1, 0.15) is 0 Å². The van der Waals surface area contributed by atoms with Gasteiger partial charge in [-0.1, -0.05) is 218 Å².